The molecule has 0 saturated heterocycles. The minimum atomic E-state index is -2.77. The molecule has 0 spiro atoms. The number of nitrogens with two attached hydrogens (primary N) is 1. The molecule has 0 aliphatic carbocycles. The first-order valence-electron chi connectivity index (χ1n) is 3.14. The molecule has 64 valence electrons. The molecule has 0 aromatic carbocycles. The van der Waals surface area contributed by atoms with E-state index in [0.29, 0.717) is 0 Å². The first-order valence-corrected chi connectivity index (χ1v) is 3.14. The van der Waals surface area contributed by atoms with E-state index in [0.717, 1.165) is 6.20 Å². The maximum absolute atomic E-state index is 12.1. The molecule has 0 aliphatic rings. The lowest BCUT2D eigenvalue weighted by atomic mass is 10.2. The first kappa shape index (κ1) is 8.58. The third kappa shape index (κ3) is 1.39. The highest BCUT2D eigenvalue weighted by Crippen LogP contribution is 2.22. The van der Waals surface area contributed by atoms with Crippen LogP contribution in [0.25, 0.3) is 0 Å². The Morgan fingerprint density at radius 3 is 2.67 bits per heavy atom. The number of rotatable bonds is 2. The molecule has 0 radical (unpaired) electrons. The van der Waals surface area contributed by atoms with Crippen molar-refractivity contribution >= 4 is 12.0 Å². The highest BCUT2D eigenvalue weighted by atomic mass is 19.3. The highest BCUT2D eigenvalue weighted by molar-refractivity contribution is 5.84. The SMILES string of the molecule is Nc1ccnc(C(F)F)c1C=O. The van der Waals surface area contributed by atoms with E-state index in [-0.39, 0.29) is 17.5 Å². The van der Waals surface area contributed by atoms with E-state index in [1.807, 2.05) is 0 Å². The molecule has 1 heterocycles. The van der Waals surface area contributed by atoms with Gasteiger partial charge in [-0.05, 0) is 6.07 Å². The van der Waals surface area contributed by atoms with E-state index >= 15 is 0 Å². The predicted molar refractivity (Wildman–Crippen MR) is 39.0 cm³/mol. The number of aromatic nitrogens is 1. The monoisotopic (exact) mass is 172 g/mol. The van der Waals surface area contributed by atoms with Crippen LogP contribution in [0.2, 0.25) is 0 Å². The summed E-state index contributed by atoms with van der Waals surface area (Å²) in [6, 6.07) is 1.30. The van der Waals surface area contributed by atoms with Gasteiger partial charge in [-0.3, -0.25) is 9.78 Å². The van der Waals surface area contributed by atoms with Gasteiger partial charge in [0.1, 0.15) is 5.69 Å². The molecule has 0 bridgehead atoms. The average molecular weight is 172 g/mol. The number of alkyl halides is 2. The van der Waals surface area contributed by atoms with Crippen molar-refractivity contribution in [1.82, 2.24) is 4.98 Å². The van der Waals surface area contributed by atoms with Crippen LogP contribution in [0.15, 0.2) is 12.3 Å². The minimum absolute atomic E-state index is 0.0234. The van der Waals surface area contributed by atoms with Gasteiger partial charge in [-0.2, -0.15) is 0 Å². The number of pyridine rings is 1. The van der Waals surface area contributed by atoms with Crippen molar-refractivity contribution in [1.29, 1.82) is 0 Å². The third-order valence-corrected chi connectivity index (χ3v) is 1.38. The second-order valence-corrected chi connectivity index (χ2v) is 2.12. The van der Waals surface area contributed by atoms with Crippen LogP contribution in [0.3, 0.4) is 0 Å². The Bertz CT molecular complexity index is 301. The van der Waals surface area contributed by atoms with Crippen LogP contribution in [-0.4, -0.2) is 11.3 Å². The predicted octanol–water partition coefficient (Wildman–Crippen LogP) is 1.41. The zero-order chi connectivity index (χ0) is 9.14. The molecule has 1 rings (SSSR count). The van der Waals surface area contributed by atoms with Gasteiger partial charge < -0.3 is 5.73 Å². The van der Waals surface area contributed by atoms with Gasteiger partial charge in [0.15, 0.2) is 6.29 Å². The van der Waals surface area contributed by atoms with Crippen molar-refractivity contribution < 1.29 is 13.6 Å². The molecule has 0 atom stereocenters. The van der Waals surface area contributed by atoms with Crippen molar-refractivity contribution in [2.45, 2.75) is 6.43 Å². The number of nitrogens with zero attached hydrogens (tertiary/aromatic N) is 1. The number of aldehydes is 1. The van der Waals surface area contributed by atoms with Crippen LogP contribution in [0.1, 0.15) is 22.5 Å². The molecule has 2 N–H and O–H groups in total. The Labute approximate surface area is 67.2 Å². The van der Waals surface area contributed by atoms with E-state index < -0.39 is 12.1 Å². The summed E-state index contributed by atoms with van der Waals surface area (Å²) in [5, 5.41) is 0. The van der Waals surface area contributed by atoms with E-state index in [1.165, 1.54) is 6.07 Å². The van der Waals surface area contributed by atoms with Crippen molar-refractivity contribution in [3.8, 4) is 0 Å². The Morgan fingerprint density at radius 2 is 2.25 bits per heavy atom. The fourth-order valence-corrected chi connectivity index (χ4v) is 0.807. The van der Waals surface area contributed by atoms with E-state index in [2.05, 4.69) is 4.98 Å². The van der Waals surface area contributed by atoms with Gasteiger partial charge in [-0.1, -0.05) is 0 Å². The molecule has 0 aliphatic heterocycles. The molecule has 12 heavy (non-hydrogen) atoms. The summed E-state index contributed by atoms with van der Waals surface area (Å²) in [4.78, 5) is 13.6. The number of carbonyl (C=O) groups excluding carboxylic acids is 1. The van der Waals surface area contributed by atoms with E-state index in [1.54, 1.807) is 0 Å². The quantitative estimate of drug-likeness (QED) is 0.686. The van der Waals surface area contributed by atoms with Crippen LogP contribution in [0.5, 0.6) is 0 Å². The van der Waals surface area contributed by atoms with Gasteiger partial charge in [0.25, 0.3) is 6.43 Å². The van der Waals surface area contributed by atoms with E-state index in [9.17, 15) is 13.6 Å². The normalized spacial score (nSPS) is 10.2. The van der Waals surface area contributed by atoms with Crippen LogP contribution >= 0.6 is 0 Å². The standard InChI is InChI=1S/C7H6F2N2O/c8-7(9)6-4(3-12)5(10)1-2-11-6/h1-3,7H,(H2,10,11). The second-order valence-electron chi connectivity index (χ2n) is 2.12. The van der Waals surface area contributed by atoms with Gasteiger partial charge in [0.2, 0.25) is 0 Å². The molecule has 1 aromatic heterocycles. The molecular formula is C7H6F2N2O. The van der Waals surface area contributed by atoms with Gasteiger partial charge in [0.05, 0.1) is 5.56 Å². The number of anilines is 1. The summed E-state index contributed by atoms with van der Waals surface area (Å²) >= 11 is 0. The van der Waals surface area contributed by atoms with Gasteiger partial charge in [-0.25, -0.2) is 8.78 Å². The van der Waals surface area contributed by atoms with Crippen LogP contribution in [0, 0.1) is 0 Å². The number of carbonyl (C=O) groups is 1. The zero-order valence-electron chi connectivity index (χ0n) is 6.00. The molecule has 1 aromatic rings. The number of hydrogen-bond donors (Lipinski definition) is 1. The fraction of sp³-hybridized carbons (Fsp3) is 0.143. The Morgan fingerprint density at radius 1 is 1.58 bits per heavy atom. The van der Waals surface area contributed by atoms with E-state index in [4.69, 9.17) is 5.73 Å². The smallest absolute Gasteiger partial charge is 0.281 e. The van der Waals surface area contributed by atoms with Crippen molar-refractivity contribution in [2.24, 2.45) is 0 Å². The summed E-state index contributed by atoms with van der Waals surface area (Å²) in [7, 11) is 0. The first-order chi connectivity index (χ1) is 5.66. The largest absolute Gasteiger partial charge is 0.398 e. The van der Waals surface area contributed by atoms with Crippen molar-refractivity contribution in [3.05, 3.63) is 23.5 Å². The Kier molecular flexibility index (Phi) is 2.32. The summed E-state index contributed by atoms with van der Waals surface area (Å²) in [6.07, 6.45) is -1.35. The summed E-state index contributed by atoms with van der Waals surface area (Å²) in [6.45, 7) is 0. The van der Waals surface area contributed by atoms with Gasteiger partial charge in [0, 0.05) is 11.9 Å². The Balaban J connectivity index is 3.27. The molecule has 3 nitrogen and oxygen atoms in total. The van der Waals surface area contributed by atoms with Crippen LogP contribution in [-0.2, 0) is 0 Å². The lowest BCUT2D eigenvalue weighted by Crippen LogP contribution is -2.01. The molecule has 5 heteroatoms. The number of halogens is 2. The second kappa shape index (κ2) is 3.25. The Hall–Kier alpha value is -1.52. The summed E-state index contributed by atoms with van der Waals surface area (Å²) in [5.41, 5.74) is 4.49. The number of nitrogen functional groups attached to an aromatic ring is 1. The number of hydrogen-bond acceptors (Lipinski definition) is 3. The average Bonchev–Trinajstić information content (AvgIpc) is 2.03. The van der Waals surface area contributed by atoms with Crippen molar-refractivity contribution in [2.75, 3.05) is 5.73 Å². The summed E-state index contributed by atoms with van der Waals surface area (Å²) < 4.78 is 24.2. The highest BCUT2D eigenvalue weighted by Gasteiger charge is 2.15. The maximum atomic E-state index is 12.1. The third-order valence-electron chi connectivity index (χ3n) is 1.38. The molecule has 0 fully saturated rings. The van der Waals surface area contributed by atoms with Gasteiger partial charge in [-0.15, -0.1) is 0 Å². The molecule has 0 unspecified atom stereocenters. The molecule has 0 amide bonds. The maximum Gasteiger partial charge on any atom is 0.281 e. The summed E-state index contributed by atoms with van der Waals surface area (Å²) in [5.74, 6) is 0. The molecule has 0 saturated carbocycles. The topological polar surface area (TPSA) is 56.0 Å². The fourth-order valence-electron chi connectivity index (χ4n) is 0.807. The lowest BCUT2D eigenvalue weighted by molar-refractivity contribution is 0.110. The minimum Gasteiger partial charge on any atom is -0.398 e. The van der Waals surface area contributed by atoms with Crippen LogP contribution in [0.4, 0.5) is 14.5 Å². The molecular weight excluding hydrogens is 166 g/mol. The van der Waals surface area contributed by atoms with Gasteiger partial charge >= 0.3 is 0 Å². The van der Waals surface area contributed by atoms with Crippen molar-refractivity contribution in [3.63, 3.8) is 0 Å². The lowest BCUT2D eigenvalue weighted by Gasteiger charge is -2.03. The zero-order valence-corrected chi connectivity index (χ0v) is 6.00. The van der Waals surface area contributed by atoms with Crippen LogP contribution < -0.4 is 5.73 Å².